The molecule has 0 saturated carbocycles. The van der Waals surface area contributed by atoms with Crippen LogP contribution in [0, 0.1) is 6.92 Å². The molecule has 0 saturated heterocycles. The zero-order valence-electron chi connectivity index (χ0n) is 15.1. The van der Waals surface area contributed by atoms with Crippen molar-refractivity contribution in [2.75, 3.05) is 18.8 Å². The summed E-state index contributed by atoms with van der Waals surface area (Å²) in [6, 6.07) is 14.2. The average Bonchev–Trinajstić information content (AvgIpc) is 3.00. The van der Waals surface area contributed by atoms with Crippen LogP contribution < -0.4 is 10.6 Å². The number of aryl methyl sites for hydroxylation is 1. The summed E-state index contributed by atoms with van der Waals surface area (Å²) in [6.07, 6.45) is 0.971. The first-order valence-corrected chi connectivity index (χ1v) is 10.8. The Kier molecular flexibility index (Phi) is 8.15. The largest absolute Gasteiger partial charge is 0.357 e. The Bertz CT molecular complexity index is 698. The summed E-state index contributed by atoms with van der Waals surface area (Å²) in [6.45, 7) is 7.67. The van der Waals surface area contributed by atoms with E-state index >= 15 is 0 Å². The third-order valence-corrected chi connectivity index (χ3v) is 5.96. The van der Waals surface area contributed by atoms with Gasteiger partial charge in [0.25, 0.3) is 0 Å². The quantitative estimate of drug-likeness (QED) is 0.548. The van der Waals surface area contributed by atoms with Crippen LogP contribution in [0.15, 0.2) is 52.4 Å². The van der Waals surface area contributed by atoms with Crippen LogP contribution in [0.2, 0.25) is 0 Å². The van der Waals surface area contributed by atoms with Gasteiger partial charge in [-0.25, -0.2) is 0 Å². The van der Waals surface area contributed by atoms with E-state index in [0.29, 0.717) is 12.3 Å². The van der Waals surface area contributed by atoms with Gasteiger partial charge in [-0.05, 0) is 45.0 Å². The van der Waals surface area contributed by atoms with Crippen molar-refractivity contribution >= 4 is 28.1 Å². The van der Waals surface area contributed by atoms with Gasteiger partial charge in [-0.3, -0.25) is 9.20 Å². The average molecular weight is 378 g/mol. The van der Waals surface area contributed by atoms with Crippen LogP contribution in [0.1, 0.15) is 23.6 Å². The number of thiophene rings is 1. The van der Waals surface area contributed by atoms with Crippen molar-refractivity contribution in [3.63, 3.8) is 0 Å². The highest BCUT2D eigenvalue weighted by atomic mass is 32.2. The zero-order chi connectivity index (χ0) is 18.1. The van der Waals surface area contributed by atoms with E-state index in [9.17, 15) is 4.21 Å². The van der Waals surface area contributed by atoms with Gasteiger partial charge in [0.2, 0.25) is 0 Å². The van der Waals surface area contributed by atoms with Crippen molar-refractivity contribution in [3.8, 4) is 0 Å². The molecule has 2 unspecified atom stereocenters. The molecule has 0 aliphatic heterocycles. The van der Waals surface area contributed by atoms with Gasteiger partial charge in [0.15, 0.2) is 5.96 Å². The van der Waals surface area contributed by atoms with Gasteiger partial charge in [0.05, 0.1) is 17.3 Å². The second-order valence-electron chi connectivity index (χ2n) is 5.89. The summed E-state index contributed by atoms with van der Waals surface area (Å²) < 4.78 is 12.3. The summed E-state index contributed by atoms with van der Waals surface area (Å²) in [5, 5.41) is 6.70. The number of hydrogen-bond donors (Lipinski definition) is 2. The number of rotatable bonds is 8. The SMILES string of the molecule is CCNC(=NCCS(=O)c1ccccc1)NC(C)Cc1ccc(C)s1. The summed E-state index contributed by atoms with van der Waals surface area (Å²) >= 11 is 1.84. The van der Waals surface area contributed by atoms with E-state index in [1.54, 1.807) is 0 Å². The molecule has 0 aliphatic rings. The molecule has 0 bridgehead atoms. The minimum Gasteiger partial charge on any atom is -0.357 e. The van der Waals surface area contributed by atoms with Crippen molar-refractivity contribution in [3.05, 3.63) is 52.2 Å². The number of benzene rings is 1. The lowest BCUT2D eigenvalue weighted by Crippen LogP contribution is -2.43. The van der Waals surface area contributed by atoms with Crippen LogP contribution in [-0.4, -0.2) is 35.1 Å². The van der Waals surface area contributed by atoms with Crippen molar-refractivity contribution in [1.29, 1.82) is 0 Å². The second-order valence-corrected chi connectivity index (χ2v) is 8.83. The molecular formula is C19H27N3OS2. The van der Waals surface area contributed by atoms with E-state index in [1.807, 2.05) is 48.6 Å². The van der Waals surface area contributed by atoms with Crippen LogP contribution in [-0.2, 0) is 17.2 Å². The molecule has 0 fully saturated rings. The Hall–Kier alpha value is -1.66. The molecule has 4 nitrogen and oxygen atoms in total. The Morgan fingerprint density at radius 1 is 1.24 bits per heavy atom. The Morgan fingerprint density at radius 2 is 2.00 bits per heavy atom. The molecule has 0 amide bonds. The van der Waals surface area contributed by atoms with Gasteiger partial charge in [-0.2, -0.15) is 0 Å². The highest BCUT2D eigenvalue weighted by Gasteiger charge is 2.08. The molecule has 2 aromatic rings. The molecule has 136 valence electrons. The van der Waals surface area contributed by atoms with Crippen molar-refractivity contribution in [1.82, 2.24) is 10.6 Å². The summed E-state index contributed by atoms with van der Waals surface area (Å²) in [5.74, 6) is 1.31. The molecule has 2 N–H and O–H groups in total. The standard InChI is InChI=1S/C19H27N3OS2/c1-4-20-19(22-15(2)14-17-11-10-16(3)24-17)21-12-13-25(23)18-8-6-5-7-9-18/h5-11,15H,4,12-14H2,1-3H3,(H2,20,21,22). The van der Waals surface area contributed by atoms with Gasteiger partial charge < -0.3 is 10.6 Å². The predicted octanol–water partition coefficient (Wildman–Crippen LogP) is 3.35. The van der Waals surface area contributed by atoms with Gasteiger partial charge in [0.1, 0.15) is 0 Å². The number of guanidine groups is 1. The fourth-order valence-electron chi connectivity index (χ4n) is 2.43. The van der Waals surface area contributed by atoms with E-state index < -0.39 is 10.8 Å². The van der Waals surface area contributed by atoms with Crippen molar-refractivity contribution in [2.24, 2.45) is 4.99 Å². The molecule has 2 rings (SSSR count). The van der Waals surface area contributed by atoms with Crippen LogP contribution in [0.3, 0.4) is 0 Å². The lowest BCUT2D eigenvalue weighted by atomic mass is 10.2. The molecule has 2 atom stereocenters. The van der Waals surface area contributed by atoms with E-state index in [2.05, 4.69) is 41.6 Å². The third kappa shape index (κ3) is 7.00. The normalized spacial score (nSPS) is 14.1. The highest BCUT2D eigenvalue weighted by molar-refractivity contribution is 7.85. The molecule has 6 heteroatoms. The molecule has 0 spiro atoms. The maximum atomic E-state index is 12.3. The smallest absolute Gasteiger partial charge is 0.191 e. The molecule has 1 aromatic heterocycles. The van der Waals surface area contributed by atoms with Crippen LogP contribution in [0.25, 0.3) is 0 Å². The fraction of sp³-hybridized carbons (Fsp3) is 0.421. The first-order valence-electron chi connectivity index (χ1n) is 8.62. The molecule has 0 aliphatic carbocycles. The minimum atomic E-state index is -1.01. The number of nitrogens with one attached hydrogen (secondary N) is 2. The van der Waals surface area contributed by atoms with E-state index in [1.165, 1.54) is 9.75 Å². The van der Waals surface area contributed by atoms with Gasteiger partial charge in [0, 0.05) is 39.4 Å². The lowest BCUT2D eigenvalue weighted by molar-refractivity contribution is 0.646. The molecule has 1 aromatic carbocycles. The summed E-state index contributed by atoms with van der Waals surface area (Å²) in [7, 11) is -1.01. The third-order valence-electron chi connectivity index (χ3n) is 3.58. The lowest BCUT2D eigenvalue weighted by Gasteiger charge is -2.17. The van der Waals surface area contributed by atoms with Gasteiger partial charge in [-0.15, -0.1) is 11.3 Å². The van der Waals surface area contributed by atoms with E-state index in [0.717, 1.165) is 23.8 Å². The van der Waals surface area contributed by atoms with Crippen LogP contribution in [0.5, 0.6) is 0 Å². The maximum Gasteiger partial charge on any atom is 0.191 e. The van der Waals surface area contributed by atoms with Crippen LogP contribution in [0.4, 0.5) is 0 Å². The molecular weight excluding hydrogens is 350 g/mol. The highest BCUT2D eigenvalue weighted by Crippen LogP contribution is 2.16. The first-order chi connectivity index (χ1) is 12.1. The summed E-state index contributed by atoms with van der Waals surface area (Å²) in [4.78, 5) is 8.14. The Balaban J connectivity index is 1.85. The fourth-order valence-corrected chi connectivity index (χ4v) is 4.40. The Labute approximate surface area is 157 Å². The molecule has 0 radical (unpaired) electrons. The van der Waals surface area contributed by atoms with E-state index in [-0.39, 0.29) is 6.04 Å². The summed E-state index contributed by atoms with van der Waals surface area (Å²) in [5.41, 5.74) is 0. The number of hydrogen-bond acceptors (Lipinski definition) is 3. The molecule has 1 heterocycles. The van der Waals surface area contributed by atoms with Gasteiger partial charge >= 0.3 is 0 Å². The number of nitrogens with zero attached hydrogens (tertiary/aromatic N) is 1. The topological polar surface area (TPSA) is 53.5 Å². The van der Waals surface area contributed by atoms with Crippen molar-refractivity contribution < 1.29 is 4.21 Å². The number of aliphatic imine (C=N–C) groups is 1. The van der Waals surface area contributed by atoms with Crippen molar-refractivity contribution in [2.45, 2.75) is 38.1 Å². The van der Waals surface area contributed by atoms with Gasteiger partial charge in [-0.1, -0.05) is 18.2 Å². The maximum absolute atomic E-state index is 12.3. The monoisotopic (exact) mass is 377 g/mol. The predicted molar refractivity (Wildman–Crippen MR) is 109 cm³/mol. The Morgan fingerprint density at radius 3 is 2.64 bits per heavy atom. The molecule has 25 heavy (non-hydrogen) atoms. The van der Waals surface area contributed by atoms with Crippen LogP contribution >= 0.6 is 11.3 Å². The minimum absolute atomic E-state index is 0.287. The van der Waals surface area contributed by atoms with E-state index in [4.69, 9.17) is 0 Å². The second kappa shape index (κ2) is 10.4. The zero-order valence-corrected chi connectivity index (χ0v) is 16.8. The first kappa shape index (κ1) is 19.7.